The van der Waals surface area contributed by atoms with Crippen LogP contribution in [-0.2, 0) is 6.42 Å². The molecule has 3 rings (SSSR count). The fraction of sp³-hybridized carbons (Fsp3) is 0.500. The van der Waals surface area contributed by atoms with Crippen molar-refractivity contribution in [3.63, 3.8) is 0 Å². The van der Waals surface area contributed by atoms with Crippen molar-refractivity contribution in [1.29, 1.82) is 0 Å². The fourth-order valence-electron chi connectivity index (χ4n) is 3.00. The predicted octanol–water partition coefficient (Wildman–Crippen LogP) is 7.78. The monoisotopic (exact) mass is 432 g/mol. The summed E-state index contributed by atoms with van der Waals surface area (Å²) in [5, 5.41) is 12.4. The highest BCUT2D eigenvalue weighted by molar-refractivity contribution is 6.32. The van der Waals surface area contributed by atoms with Gasteiger partial charge in [0.2, 0.25) is 5.65 Å². The van der Waals surface area contributed by atoms with Crippen LogP contribution in [0.15, 0.2) is 36.5 Å². The molecule has 0 spiro atoms. The summed E-state index contributed by atoms with van der Waals surface area (Å²) < 4.78 is 8.10. The molecular formula is C24H37ClN4O. The molecule has 0 amide bonds. The zero-order valence-corrected chi connectivity index (χ0v) is 20.1. The summed E-state index contributed by atoms with van der Waals surface area (Å²) in [5.74, 6) is 2.20. The number of halogens is 1. The van der Waals surface area contributed by atoms with Gasteiger partial charge in [-0.25, -0.2) is 0 Å². The Hall–Kier alpha value is -2.27. The van der Waals surface area contributed by atoms with Crippen molar-refractivity contribution in [2.75, 3.05) is 12.4 Å². The van der Waals surface area contributed by atoms with Crippen LogP contribution in [0.25, 0.3) is 5.65 Å². The van der Waals surface area contributed by atoms with Crippen LogP contribution >= 0.6 is 11.6 Å². The van der Waals surface area contributed by atoms with Crippen molar-refractivity contribution in [3.8, 4) is 11.5 Å². The number of hydrogen-bond acceptors (Lipinski definition) is 4. The molecule has 0 unspecified atom stereocenters. The number of aromatic nitrogens is 3. The molecule has 0 bridgehead atoms. The summed E-state index contributed by atoms with van der Waals surface area (Å²) >= 11 is 6.32. The van der Waals surface area contributed by atoms with Crippen molar-refractivity contribution in [1.82, 2.24) is 14.6 Å². The minimum atomic E-state index is 0.550. The second-order valence-corrected chi connectivity index (χ2v) is 6.72. The molecule has 2 aromatic heterocycles. The average molecular weight is 433 g/mol. The van der Waals surface area contributed by atoms with Gasteiger partial charge in [0.05, 0.1) is 10.7 Å². The van der Waals surface area contributed by atoms with Crippen LogP contribution in [-0.4, -0.2) is 21.6 Å². The number of benzene rings is 1. The number of nitrogens with one attached hydrogen (secondary N) is 1. The van der Waals surface area contributed by atoms with Crippen LogP contribution in [0.4, 0.5) is 5.69 Å². The molecule has 0 aliphatic heterocycles. The molecule has 0 atom stereocenters. The second-order valence-electron chi connectivity index (χ2n) is 6.32. The summed E-state index contributed by atoms with van der Waals surface area (Å²) in [5.41, 5.74) is 1.54. The Kier molecular flexibility index (Phi) is 12.6. The third kappa shape index (κ3) is 6.91. The maximum absolute atomic E-state index is 6.32. The molecule has 0 aliphatic carbocycles. The molecule has 166 valence electrons. The van der Waals surface area contributed by atoms with Gasteiger partial charge in [0.15, 0.2) is 11.5 Å². The van der Waals surface area contributed by atoms with E-state index in [2.05, 4.69) is 22.4 Å². The summed E-state index contributed by atoms with van der Waals surface area (Å²) in [4.78, 5) is 0. The van der Waals surface area contributed by atoms with Crippen molar-refractivity contribution in [2.24, 2.45) is 0 Å². The smallest absolute Gasteiger partial charge is 0.203 e. The number of pyridine rings is 1. The zero-order valence-electron chi connectivity index (χ0n) is 19.3. The van der Waals surface area contributed by atoms with E-state index in [4.69, 9.17) is 16.3 Å². The van der Waals surface area contributed by atoms with E-state index in [-0.39, 0.29) is 0 Å². The van der Waals surface area contributed by atoms with Gasteiger partial charge in [-0.05, 0) is 30.7 Å². The average Bonchev–Trinajstić information content (AvgIpc) is 3.22. The van der Waals surface area contributed by atoms with Crippen molar-refractivity contribution in [2.45, 2.75) is 73.1 Å². The molecule has 3 aromatic rings. The number of fused-ring (bicyclic) bond motifs is 1. The van der Waals surface area contributed by atoms with E-state index < -0.39 is 0 Å². The summed E-state index contributed by atoms with van der Waals surface area (Å²) in [6.45, 7) is 10.2. The predicted molar refractivity (Wildman–Crippen MR) is 129 cm³/mol. The number of rotatable bonds is 9. The summed E-state index contributed by atoms with van der Waals surface area (Å²) in [6.07, 6.45) is 9.08. The lowest BCUT2D eigenvalue weighted by Crippen LogP contribution is -1.98. The highest BCUT2D eigenvalue weighted by Crippen LogP contribution is 2.37. The second kappa shape index (κ2) is 14.7. The molecule has 1 N–H and O–H groups in total. The van der Waals surface area contributed by atoms with E-state index in [1.54, 1.807) is 0 Å². The van der Waals surface area contributed by atoms with Crippen LogP contribution in [0.3, 0.4) is 0 Å². The van der Waals surface area contributed by atoms with Crippen LogP contribution in [0.5, 0.6) is 11.5 Å². The molecular weight excluding hydrogens is 396 g/mol. The molecule has 1 aromatic carbocycles. The molecule has 0 saturated carbocycles. The highest BCUT2D eigenvalue weighted by atomic mass is 35.5. The quantitative estimate of drug-likeness (QED) is 0.350. The Morgan fingerprint density at radius 1 is 0.967 bits per heavy atom. The molecule has 30 heavy (non-hydrogen) atoms. The first-order valence-corrected chi connectivity index (χ1v) is 11.6. The van der Waals surface area contributed by atoms with Crippen molar-refractivity contribution in [3.05, 3.63) is 47.4 Å². The number of hydrogen-bond donors (Lipinski definition) is 1. The molecule has 0 saturated heterocycles. The van der Waals surface area contributed by atoms with Crippen LogP contribution in [0.2, 0.25) is 5.02 Å². The third-order valence-electron chi connectivity index (χ3n) is 4.42. The molecule has 0 radical (unpaired) electrons. The van der Waals surface area contributed by atoms with Gasteiger partial charge in [0.25, 0.3) is 0 Å². The first-order valence-electron chi connectivity index (χ1n) is 11.2. The Bertz CT molecular complexity index is 864. The molecule has 6 heteroatoms. The van der Waals surface area contributed by atoms with Gasteiger partial charge in [-0.2, -0.15) is 0 Å². The first-order chi connectivity index (χ1) is 14.7. The number of para-hydroxylation sites is 1. The van der Waals surface area contributed by atoms with Crippen molar-refractivity contribution < 1.29 is 4.74 Å². The van der Waals surface area contributed by atoms with E-state index in [9.17, 15) is 0 Å². The van der Waals surface area contributed by atoms with Gasteiger partial charge in [0, 0.05) is 19.7 Å². The van der Waals surface area contributed by atoms with Crippen LogP contribution < -0.4 is 10.1 Å². The van der Waals surface area contributed by atoms with Gasteiger partial charge in [-0.1, -0.05) is 78.0 Å². The first kappa shape index (κ1) is 25.8. The molecule has 2 heterocycles. The summed E-state index contributed by atoms with van der Waals surface area (Å²) in [6, 6.07) is 9.45. The van der Waals surface area contributed by atoms with E-state index in [0.29, 0.717) is 22.2 Å². The number of anilines is 1. The maximum Gasteiger partial charge on any atom is 0.203 e. The lowest BCUT2D eigenvalue weighted by molar-refractivity contribution is 0.486. The Morgan fingerprint density at radius 2 is 1.70 bits per heavy atom. The number of aryl methyl sites for hydroxylation is 1. The maximum atomic E-state index is 6.32. The van der Waals surface area contributed by atoms with Gasteiger partial charge < -0.3 is 10.1 Å². The van der Waals surface area contributed by atoms with E-state index in [0.717, 1.165) is 24.4 Å². The Balaban J connectivity index is 0.00000106. The lowest BCUT2D eigenvalue weighted by Gasteiger charge is -2.12. The SMILES string of the molecule is CC.CC.CCCCCCCc1nnc2c(Oc3c(Cl)cccc3NC)cccn12. The topological polar surface area (TPSA) is 51.5 Å². The normalized spacial score (nSPS) is 9.97. The van der Waals surface area contributed by atoms with E-state index >= 15 is 0 Å². The minimum absolute atomic E-state index is 0.550. The van der Waals surface area contributed by atoms with Gasteiger partial charge in [-0.3, -0.25) is 4.40 Å². The van der Waals surface area contributed by atoms with E-state index in [1.165, 1.54) is 25.7 Å². The lowest BCUT2D eigenvalue weighted by atomic mass is 10.1. The molecule has 0 fully saturated rings. The number of nitrogens with zero attached hydrogens (tertiary/aromatic N) is 3. The van der Waals surface area contributed by atoms with Gasteiger partial charge in [0.1, 0.15) is 5.82 Å². The van der Waals surface area contributed by atoms with Crippen LogP contribution in [0.1, 0.15) is 72.5 Å². The number of ether oxygens (including phenoxy) is 1. The highest BCUT2D eigenvalue weighted by Gasteiger charge is 2.14. The van der Waals surface area contributed by atoms with Crippen molar-refractivity contribution >= 4 is 22.9 Å². The molecule has 5 nitrogen and oxygen atoms in total. The minimum Gasteiger partial charge on any atom is -0.450 e. The Morgan fingerprint density at radius 3 is 2.40 bits per heavy atom. The third-order valence-corrected chi connectivity index (χ3v) is 4.72. The summed E-state index contributed by atoms with van der Waals surface area (Å²) in [7, 11) is 1.84. The van der Waals surface area contributed by atoms with Gasteiger partial charge >= 0.3 is 0 Å². The van der Waals surface area contributed by atoms with Gasteiger partial charge in [-0.15, -0.1) is 10.2 Å². The van der Waals surface area contributed by atoms with Crippen LogP contribution in [0, 0.1) is 0 Å². The number of unbranched alkanes of at least 4 members (excludes halogenated alkanes) is 4. The zero-order chi connectivity index (χ0) is 22.4. The van der Waals surface area contributed by atoms with E-state index in [1.807, 2.05) is 75.7 Å². The standard InChI is InChI=1S/C20H25ClN4O.2C2H6/c1-3-4-5-6-7-13-18-23-24-20-17(12-9-14-25(18)20)26-19-15(21)10-8-11-16(19)22-2;2*1-2/h8-12,14,22H,3-7,13H2,1-2H3;2*1-2H3. The fourth-order valence-corrected chi connectivity index (χ4v) is 3.21. The molecule has 0 aliphatic rings. The largest absolute Gasteiger partial charge is 0.450 e. The Labute approximate surface area is 186 Å².